The first-order valence-corrected chi connectivity index (χ1v) is 13.5. The number of halogens is 3. The van der Waals surface area contributed by atoms with Gasteiger partial charge in [0, 0.05) is 17.1 Å². The number of anilines is 1. The Kier molecular flexibility index (Phi) is 9.60. The summed E-state index contributed by atoms with van der Waals surface area (Å²) in [6, 6.07) is 10.6. The molecular formula is C22H26BrCl2N3O4S. The molecule has 0 saturated heterocycles. The average molecular weight is 579 g/mol. The van der Waals surface area contributed by atoms with E-state index in [4.69, 9.17) is 23.2 Å². The monoisotopic (exact) mass is 577 g/mol. The Labute approximate surface area is 213 Å². The molecule has 1 atom stereocenters. The molecule has 0 bridgehead atoms. The highest BCUT2D eigenvalue weighted by Crippen LogP contribution is 2.28. The minimum atomic E-state index is -3.80. The summed E-state index contributed by atoms with van der Waals surface area (Å²) in [6.45, 7) is 4.77. The van der Waals surface area contributed by atoms with E-state index in [2.05, 4.69) is 21.2 Å². The van der Waals surface area contributed by atoms with E-state index in [1.54, 1.807) is 49.4 Å². The smallest absolute Gasteiger partial charge is 0.244 e. The van der Waals surface area contributed by atoms with Crippen molar-refractivity contribution in [3.63, 3.8) is 0 Å². The van der Waals surface area contributed by atoms with E-state index in [0.29, 0.717) is 25.8 Å². The maximum atomic E-state index is 13.4. The molecule has 0 aromatic heterocycles. The van der Waals surface area contributed by atoms with E-state index in [-0.39, 0.29) is 18.5 Å². The molecule has 0 unspecified atom stereocenters. The van der Waals surface area contributed by atoms with Crippen molar-refractivity contribution >= 4 is 66.7 Å². The fourth-order valence-corrected chi connectivity index (χ4v) is 4.87. The molecule has 0 fully saturated rings. The molecule has 180 valence electrons. The lowest BCUT2D eigenvalue weighted by Crippen LogP contribution is -2.52. The van der Waals surface area contributed by atoms with E-state index in [1.807, 2.05) is 13.8 Å². The van der Waals surface area contributed by atoms with Gasteiger partial charge in [0.2, 0.25) is 21.8 Å². The van der Waals surface area contributed by atoms with E-state index >= 15 is 0 Å². The summed E-state index contributed by atoms with van der Waals surface area (Å²) >= 11 is 15.5. The molecule has 0 spiro atoms. The van der Waals surface area contributed by atoms with Gasteiger partial charge in [-0.25, -0.2) is 8.42 Å². The summed E-state index contributed by atoms with van der Waals surface area (Å²) in [5, 5.41) is 3.46. The highest BCUT2D eigenvalue weighted by atomic mass is 79.9. The van der Waals surface area contributed by atoms with Gasteiger partial charge in [-0.2, -0.15) is 0 Å². The fraction of sp³-hybridized carbons (Fsp3) is 0.364. The zero-order valence-electron chi connectivity index (χ0n) is 18.7. The standard InChI is InChI=1S/C22H26BrCl2N3O4S/c1-14(2)26-22(30)15(3)27(12-16-9-10-18(24)19(25)11-16)21(29)13-28(33(4,31)32)20-8-6-5-7-17(20)23/h5-11,14-15H,12-13H2,1-4H3,(H,26,30)/t15-/m0/s1. The molecule has 2 amide bonds. The van der Waals surface area contributed by atoms with Crippen LogP contribution in [0, 0.1) is 0 Å². The van der Waals surface area contributed by atoms with Gasteiger partial charge in [0.05, 0.1) is 22.0 Å². The Hall–Kier alpha value is -1.81. The van der Waals surface area contributed by atoms with Gasteiger partial charge in [0.1, 0.15) is 12.6 Å². The van der Waals surface area contributed by atoms with Crippen LogP contribution in [0.3, 0.4) is 0 Å². The molecule has 7 nitrogen and oxygen atoms in total. The summed E-state index contributed by atoms with van der Waals surface area (Å²) in [6.07, 6.45) is 1.03. The quantitative estimate of drug-likeness (QED) is 0.476. The molecule has 0 aliphatic heterocycles. The van der Waals surface area contributed by atoms with Crippen LogP contribution in [0.1, 0.15) is 26.3 Å². The molecule has 0 aliphatic carbocycles. The average Bonchev–Trinajstić information content (AvgIpc) is 2.71. The molecule has 0 heterocycles. The van der Waals surface area contributed by atoms with Gasteiger partial charge in [-0.15, -0.1) is 0 Å². The molecule has 0 radical (unpaired) electrons. The van der Waals surface area contributed by atoms with Crippen LogP contribution in [0.25, 0.3) is 0 Å². The fourth-order valence-electron chi connectivity index (χ4n) is 3.07. The molecule has 33 heavy (non-hydrogen) atoms. The van der Waals surface area contributed by atoms with E-state index in [0.717, 1.165) is 10.6 Å². The third kappa shape index (κ3) is 7.60. The number of sulfonamides is 1. The summed E-state index contributed by atoms with van der Waals surface area (Å²) < 4.78 is 26.6. The highest BCUT2D eigenvalue weighted by Gasteiger charge is 2.31. The number of hydrogen-bond acceptors (Lipinski definition) is 4. The van der Waals surface area contributed by atoms with Crippen molar-refractivity contribution in [3.05, 3.63) is 62.5 Å². The SMILES string of the molecule is CC(C)NC(=O)[C@H](C)N(Cc1ccc(Cl)c(Cl)c1)C(=O)CN(c1ccccc1Br)S(C)(=O)=O. The van der Waals surface area contributed by atoms with Crippen LogP contribution in [0.2, 0.25) is 10.0 Å². The van der Waals surface area contributed by atoms with Gasteiger partial charge in [-0.3, -0.25) is 13.9 Å². The van der Waals surface area contributed by atoms with Gasteiger partial charge in [-0.05, 0) is 66.5 Å². The van der Waals surface area contributed by atoms with Crippen LogP contribution in [0.15, 0.2) is 46.9 Å². The van der Waals surface area contributed by atoms with E-state index in [1.165, 1.54) is 4.90 Å². The molecule has 0 saturated carbocycles. The first-order chi connectivity index (χ1) is 15.3. The second-order valence-corrected chi connectivity index (χ2v) is 11.4. The molecule has 0 aliphatic rings. The minimum absolute atomic E-state index is 0.0377. The van der Waals surface area contributed by atoms with Crippen molar-refractivity contribution in [1.29, 1.82) is 0 Å². The number of nitrogens with one attached hydrogen (secondary N) is 1. The first-order valence-electron chi connectivity index (χ1n) is 10.1. The third-order valence-electron chi connectivity index (χ3n) is 4.74. The maximum Gasteiger partial charge on any atom is 0.244 e. The van der Waals surface area contributed by atoms with Crippen molar-refractivity contribution in [2.75, 3.05) is 17.1 Å². The van der Waals surface area contributed by atoms with E-state index in [9.17, 15) is 18.0 Å². The second kappa shape index (κ2) is 11.6. The molecular weight excluding hydrogens is 553 g/mol. The number of carbonyl (C=O) groups excluding carboxylic acids is 2. The van der Waals surface area contributed by atoms with Crippen molar-refractivity contribution in [2.24, 2.45) is 0 Å². The molecule has 2 rings (SSSR count). The van der Waals surface area contributed by atoms with Crippen LogP contribution >= 0.6 is 39.1 Å². The third-order valence-corrected chi connectivity index (χ3v) is 7.27. The molecule has 11 heteroatoms. The lowest BCUT2D eigenvalue weighted by Gasteiger charge is -2.32. The van der Waals surface area contributed by atoms with Gasteiger partial charge in [0.15, 0.2) is 0 Å². The predicted octanol–water partition coefficient (Wildman–Crippen LogP) is 4.46. The van der Waals surface area contributed by atoms with Crippen molar-refractivity contribution in [2.45, 2.75) is 39.4 Å². The van der Waals surface area contributed by atoms with Crippen LogP contribution in [-0.2, 0) is 26.2 Å². The summed E-state index contributed by atoms with van der Waals surface area (Å²) in [7, 11) is -3.80. The number of amides is 2. The summed E-state index contributed by atoms with van der Waals surface area (Å²) in [5.41, 5.74) is 0.968. The van der Waals surface area contributed by atoms with Gasteiger partial charge < -0.3 is 10.2 Å². The lowest BCUT2D eigenvalue weighted by molar-refractivity contribution is -0.139. The predicted molar refractivity (Wildman–Crippen MR) is 136 cm³/mol. The number of benzene rings is 2. The highest BCUT2D eigenvalue weighted by molar-refractivity contribution is 9.10. The van der Waals surface area contributed by atoms with Crippen molar-refractivity contribution in [3.8, 4) is 0 Å². The van der Waals surface area contributed by atoms with Crippen molar-refractivity contribution in [1.82, 2.24) is 10.2 Å². The zero-order chi connectivity index (χ0) is 24.9. The second-order valence-electron chi connectivity index (χ2n) is 7.83. The van der Waals surface area contributed by atoms with Gasteiger partial charge >= 0.3 is 0 Å². The number of rotatable bonds is 9. The Balaban J connectivity index is 2.43. The van der Waals surface area contributed by atoms with E-state index < -0.39 is 28.5 Å². The Morgan fingerprint density at radius 3 is 2.24 bits per heavy atom. The Morgan fingerprint density at radius 2 is 1.70 bits per heavy atom. The normalized spacial score (nSPS) is 12.4. The number of hydrogen-bond donors (Lipinski definition) is 1. The minimum Gasteiger partial charge on any atom is -0.352 e. The van der Waals surface area contributed by atoms with Crippen LogP contribution in [0.4, 0.5) is 5.69 Å². The number of nitrogens with zero attached hydrogens (tertiary/aromatic N) is 2. The van der Waals surface area contributed by atoms with Crippen molar-refractivity contribution < 1.29 is 18.0 Å². The first kappa shape index (κ1) is 27.4. The largest absolute Gasteiger partial charge is 0.352 e. The Morgan fingerprint density at radius 1 is 1.06 bits per heavy atom. The number of para-hydroxylation sites is 1. The van der Waals surface area contributed by atoms with Gasteiger partial charge in [0.25, 0.3) is 0 Å². The molecule has 2 aromatic rings. The molecule has 1 N–H and O–H groups in total. The van der Waals surface area contributed by atoms with Gasteiger partial charge in [-0.1, -0.05) is 41.4 Å². The topological polar surface area (TPSA) is 86.8 Å². The Bertz CT molecular complexity index is 1130. The number of carbonyl (C=O) groups is 2. The lowest BCUT2D eigenvalue weighted by atomic mass is 10.1. The maximum absolute atomic E-state index is 13.4. The summed E-state index contributed by atoms with van der Waals surface area (Å²) in [4.78, 5) is 27.5. The van der Waals surface area contributed by atoms with Crippen LogP contribution in [0.5, 0.6) is 0 Å². The zero-order valence-corrected chi connectivity index (χ0v) is 22.6. The summed E-state index contributed by atoms with van der Waals surface area (Å²) in [5.74, 6) is -0.904. The molecule has 2 aromatic carbocycles. The van der Waals surface area contributed by atoms with Crippen LogP contribution < -0.4 is 9.62 Å². The van der Waals surface area contributed by atoms with Crippen LogP contribution in [-0.4, -0.2) is 50.0 Å².